The minimum absolute atomic E-state index is 0.208. The van der Waals surface area contributed by atoms with Gasteiger partial charge in [0.15, 0.2) is 0 Å². The van der Waals surface area contributed by atoms with E-state index >= 15 is 0 Å². The predicted octanol–water partition coefficient (Wildman–Crippen LogP) is 4.26. The molecule has 1 N–H and O–H groups in total. The fourth-order valence-electron chi connectivity index (χ4n) is 3.46. The van der Waals surface area contributed by atoms with Gasteiger partial charge in [-0.25, -0.2) is 0 Å². The summed E-state index contributed by atoms with van der Waals surface area (Å²) >= 11 is 0. The molecule has 132 valence electrons. The zero-order valence-corrected chi connectivity index (χ0v) is 14.7. The molecule has 0 unspecified atom stereocenters. The van der Waals surface area contributed by atoms with Crippen LogP contribution in [-0.2, 0) is 0 Å². The summed E-state index contributed by atoms with van der Waals surface area (Å²) in [5, 5.41) is 3.96. The molecule has 1 aromatic carbocycles. The Kier molecular flexibility index (Phi) is 4.78. The topological polar surface area (TPSA) is 58.1 Å². The molecule has 1 aliphatic rings. The monoisotopic (exact) mass is 346 g/mol. The molecular weight excluding hydrogens is 324 g/mol. The summed E-state index contributed by atoms with van der Waals surface area (Å²) in [6, 6.07) is 13.5. The lowest BCUT2D eigenvalue weighted by Gasteiger charge is -2.22. The van der Waals surface area contributed by atoms with E-state index in [0.29, 0.717) is 11.4 Å². The Morgan fingerprint density at radius 1 is 0.923 bits per heavy atom. The zero-order chi connectivity index (χ0) is 17.8. The van der Waals surface area contributed by atoms with Gasteiger partial charge in [-0.2, -0.15) is 0 Å². The standard InChI is InChI=1S/C21H22N4O/c26-21(24-18-9-5-7-16-8-6-11-23-20(16)18)19-15-17(10-12-22-19)25-13-3-1-2-4-14-25/h5-12,15H,1-4,13-14H2,(H,24,26). The number of benzene rings is 1. The summed E-state index contributed by atoms with van der Waals surface area (Å²) in [5.74, 6) is -0.208. The average molecular weight is 346 g/mol. The van der Waals surface area contributed by atoms with E-state index in [1.165, 1.54) is 25.7 Å². The van der Waals surface area contributed by atoms with E-state index in [0.717, 1.165) is 29.7 Å². The number of para-hydroxylation sites is 1. The van der Waals surface area contributed by atoms with Crippen LogP contribution < -0.4 is 10.2 Å². The molecule has 2 aromatic heterocycles. The number of pyridine rings is 2. The van der Waals surface area contributed by atoms with Crippen molar-refractivity contribution in [1.82, 2.24) is 9.97 Å². The minimum atomic E-state index is -0.208. The molecule has 4 rings (SSSR count). The van der Waals surface area contributed by atoms with Crippen LogP contribution in [0.2, 0.25) is 0 Å². The number of anilines is 2. The second-order valence-corrected chi connectivity index (χ2v) is 6.64. The maximum absolute atomic E-state index is 12.7. The average Bonchev–Trinajstić information content (AvgIpc) is 2.98. The van der Waals surface area contributed by atoms with Crippen LogP contribution in [0.1, 0.15) is 36.2 Å². The number of carbonyl (C=O) groups excluding carboxylic acids is 1. The molecule has 5 nitrogen and oxygen atoms in total. The van der Waals surface area contributed by atoms with Gasteiger partial charge in [-0.15, -0.1) is 0 Å². The highest BCUT2D eigenvalue weighted by Crippen LogP contribution is 2.23. The van der Waals surface area contributed by atoms with Gasteiger partial charge in [0, 0.05) is 36.6 Å². The third kappa shape index (κ3) is 3.52. The maximum Gasteiger partial charge on any atom is 0.274 e. The van der Waals surface area contributed by atoms with E-state index in [2.05, 4.69) is 20.2 Å². The van der Waals surface area contributed by atoms with Gasteiger partial charge in [-0.1, -0.05) is 31.0 Å². The number of hydrogen-bond acceptors (Lipinski definition) is 4. The van der Waals surface area contributed by atoms with Crippen LogP contribution in [0, 0.1) is 0 Å². The van der Waals surface area contributed by atoms with Crippen molar-refractivity contribution >= 4 is 28.2 Å². The number of nitrogens with one attached hydrogen (secondary N) is 1. The molecular formula is C21H22N4O. The Hall–Kier alpha value is -2.95. The highest BCUT2D eigenvalue weighted by Gasteiger charge is 2.14. The van der Waals surface area contributed by atoms with E-state index in [1.54, 1.807) is 12.4 Å². The van der Waals surface area contributed by atoms with Gasteiger partial charge in [0.05, 0.1) is 11.2 Å². The summed E-state index contributed by atoms with van der Waals surface area (Å²) in [6.45, 7) is 2.08. The lowest BCUT2D eigenvalue weighted by molar-refractivity contribution is 0.102. The minimum Gasteiger partial charge on any atom is -0.371 e. The van der Waals surface area contributed by atoms with Crippen molar-refractivity contribution in [2.75, 3.05) is 23.3 Å². The second-order valence-electron chi connectivity index (χ2n) is 6.64. The SMILES string of the molecule is O=C(Nc1cccc2cccnc12)c1cc(N2CCCCCC2)ccn1. The molecule has 0 bridgehead atoms. The Bertz CT molecular complexity index is 911. The van der Waals surface area contributed by atoms with Gasteiger partial charge in [0.25, 0.3) is 5.91 Å². The first kappa shape index (κ1) is 16.5. The van der Waals surface area contributed by atoms with Gasteiger partial charge in [0.1, 0.15) is 5.69 Å². The van der Waals surface area contributed by atoms with Crippen LogP contribution in [0.25, 0.3) is 10.9 Å². The zero-order valence-electron chi connectivity index (χ0n) is 14.7. The first-order valence-electron chi connectivity index (χ1n) is 9.17. The summed E-state index contributed by atoms with van der Waals surface area (Å²) in [6.07, 6.45) is 8.41. The van der Waals surface area contributed by atoms with Crippen molar-refractivity contribution in [3.63, 3.8) is 0 Å². The van der Waals surface area contributed by atoms with Crippen LogP contribution in [-0.4, -0.2) is 29.0 Å². The first-order valence-corrected chi connectivity index (χ1v) is 9.17. The van der Waals surface area contributed by atoms with E-state index < -0.39 is 0 Å². The second kappa shape index (κ2) is 7.52. The molecule has 26 heavy (non-hydrogen) atoms. The molecule has 3 aromatic rings. The van der Waals surface area contributed by atoms with Crippen LogP contribution in [0.5, 0.6) is 0 Å². The first-order chi connectivity index (χ1) is 12.8. The molecule has 0 aliphatic carbocycles. The molecule has 0 atom stereocenters. The number of nitrogens with zero attached hydrogens (tertiary/aromatic N) is 3. The molecule has 0 spiro atoms. The summed E-state index contributed by atoms with van der Waals surface area (Å²) in [4.78, 5) is 23.8. The number of fused-ring (bicyclic) bond motifs is 1. The highest BCUT2D eigenvalue weighted by atomic mass is 16.1. The third-order valence-corrected chi connectivity index (χ3v) is 4.83. The normalized spacial score (nSPS) is 14.8. The lowest BCUT2D eigenvalue weighted by Crippen LogP contribution is -2.24. The molecule has 0 radical (unpaired) electrons. The van der Waals surface area contributed by atoms with E-state index in [1.807, 2.05) is 42.5 Å². The van der Waals surface area contributed by atoms with Crippen molar-refractivity contribution in [2.45, 2.75) is 25.7 Å². The highest BCUT2D eigenvalue weighted by molar-refractivity contribution is 6.07. The van der Waals surface area contributed by atoms with Crippen molar-refractivity contribution < 1.29 is 4.79 Å². The summed E-state index contributed by atoms with van der Waals surface area (Å²) in [5.41, 5.74) is 2.99. The van der Waals surface area contributed by atoms with Crippen LogP contribution in [0.3, 0.4) is 0 Å². The summed E-state index contributed by atoms with van der Waals surface area (Å²) in [7, 11) is 0. The van der Waals surface area contributed by atoms with Gasteiger partial charge >= 0.3 is 0 Å². The molecule has 0 saturated carbocycles. The number of amides is 1. The Labute approximate surface area is 153 Å². The Morgan fingerprint density at radius 2 is 1.73 bits per heavy atom. The van der Waals surface area contributed by atoms with Crippen LogP contribution in [0.15, 0.2) is 54.9 Å². The van der Waals surface area contributed by atoms with Gasteiger partial charge in [-0.3, -0.25) is 14.8 Å². The fourth-order valence-corrected chi connectivity index (χ4v) is 3.46. The van der Waals surface area contributed by atoms with E-state index in [9.17, 15) is 4.79 Å². The smallest absolute Gasteiger partial charge is 0.274 e. The van der Waals surface area contributed by atoms with E-state index in [-0.39, 0.29) is 5.91 Å². The molecule has 1 amide bonds. The molecule has 1 fully saturated rings. The lowest BCUT2D eigenvalue weighted by atomic mass is 10.2. The van der Waals surface area contributed by atoms with Crippen molar-refractivity contribution in [2.24, 2.45) is 0 Å². The maximum atomic E-state index is 12.7. The van der Waals surface area contributed by atoms with Gasteiger partial charge < -0.3 is 10.2 Å². The van der Waals surface area contributed by atoms with Crippen LogP contribution >= 0.6 is 0 Å². The van der Waals surface area contributed by atoms with Crippen molar-refractivity contribution in [1.29, 1.82) is 0 Å². The number of carbonyl (C=O) groups is 1. The third-order valence-electron chi connectivity index (χ3n) is 4.83. The van der Waals surface area contributed by atoms with Gasteiger partial charge in [-0.05, 0) is 37.1 Å². The predicted molar refractivity (Wildman–Crippen MR) is 105 cm³/mol. The molecule has 3 heterocycles. The Balaban J connectivity index is 1.57. The molecule has 5 heteroatoms. The summed E-state index contributed by atoms with van der Waals surface area (Å²) < 4.78 is 0. The molecule has 1 aliphatic heterocycles. The quantitative estimate of drug-likeness (QED) is 0.770. The van der Waals surface area contributed by atoms with Gasteiger partial charge in [0.2, 0.25) is 0 Å². The number of hydrogen-bond donors (Lipinski definition) is 1. The largest absolute Gasteiger partial charge is 0.371 e. The number of aromatic nitrogens is 2. The van der Waals surface area contributed by atoms with Crippen molar-refractivity contribution in [3.8, 4) is 0 Å². The van der Waals surface area contributed by atoms with Crippen molar-refractivity contribution in [3.05, 3.63) is 60.6 Å². The van der Waals surface area contributed by atoms with Crippen LogP contribution in [0.4, 0.5) is 11.4 Å². The van der Waals surface area contributed by atoms with E-state index in [4.69, 9.17) is 0 Å². The Morgan fingerprint density at radius 3 is 2.58 bits per heavy atom. The molecule has 1 saturated heterocycles. The fraction of sp³-hybridized carbons (Fsp3) is 0.286. The number of rotatable bonds is 3.